The van der Waals surface area contributed by atoms with Crippen molar-refractivity contribution in [2.24, 2.45) is 0 Å². The molecule has 13 heteroatoms. The Balaban J connectivity index is 1.39. The van der Waals surface area contributed by atoms with E-state index in [0.29, 0.717) is 47.5 Å². The van der Waals surface area contributed by atoms with Gasteiger partial charge in [-0.15, -0.1) is 0 Å². The van der Waals surface area contributed by atoms with Gasteiger partial charge in [-0.25, -0.2) is 14.0 Å². The lowest BCUT2D eigenvalue weighted by Gasteiger charge is -2.30. The normalized spacial score (nSPS) is 20.9. The molecule has 0 bridgehead atoms. The third-order valence-electron chi connectivity index (χ3n) is 6.50. The Hall–Kier alpha value is -3.19. The minimum absolute atomic E-state index is 0.0824. The second kappa shape index (κ2) is 10.5. The van der Waals surface area contributed by atoms with Crippen molar-refractivity contribution in [3.8, 4) is 11.1 Å². The summed E-state index contributed by atoms with van der Waals surface area (Å²) < 4.78 is 98.6. The zero-order chi connectivity index (χ0) is 27.7. The molecule has 2 heterocycles. The van der Waals surface area contributed by atoms with Crippen LogP contribution in [0.2, 0.25) is 0 Å². The van der Waals surface area contributed by atoms with Crippen LogP contribution in [0.25, 0.3) is 11.1 Å². The molecule has 204 valence electrons. The number of nitrogens with one attached hydrogen (secondary N) is 2. The molecule has 1 saturated carbocycles. The number of rotatable bonds is 6. The largest absolute Gasteiger partial charge is 0.420 e. The van der Waals surface area contributed by atoms with Gasteiger partial charge in [-0.1, -0.05) is 12.1 Å². The van der Waals surface area contributed by atoms with Crippen molar-refractivity contribution in [3.05, 3.63) is 72.2 Å². The summed E-state index contributed by atoms with van der Waals surface area (Å²) in [5.74, 6) is 0.311. The van der Waals surface area contributed by atoms with Gasteiger partial charge in [0.1, 0.15) is 5.82 Å². The maximum Gasteiger partial charge on any atom is 0.420 e. The molecule has 1 fully saturated rings. The van der Waals surface area contributed by atoms with E-state index in [9.17, 15) is 35.7 Å². The molecule has 0 amide bonds. The van der Waals surface area contributed by atoms with E-state index in [4.69, 9.17) is 4.78 Å². The molecule has 6 nitrogen and oxygen atoms in total. The van der Waals surface area contributed by atoms with Gasteiger partial charge in [0, 0.05) is 28.6 Å². The second-order valence-corrected chi connectivity index (χ2v) is 11.4. The van der Waals surface area contributed by atoms with Gasteiger partial charge in [0.05, 0.1) is 21.0 Å². The van der Waals surface area contributed by atoms with Crippen LogP contribution >= 0.6 is 0 Å². The average molecular weight is 559 g/mol. The molecular formula is C25H24F6N4O2S. The number of aliphatic hydroxyl groups excluding tert-OH is 1. The summed E-state index contributed by atoms with van der Waals surface area (Å²) in [5.41, 5.74) is -0.487. The predicted molar refractivity (Wildman–Crippen MR) is 129 cm³/mol. The van der Waals surface area contributed by atoms with Crippen LogP contribution in [-0.2, 0) is 15.9 Å². The highest BCUT2D eigenvalue weighted by Gasteiger charge is 2.40. The monoisotopic (exact) mass is 558 g/mol. The number of halogens is 6. The number of benzene rings is 1. The number of alkyl halides is 6. The summed E-state index contributed by atoms with van der Waals surface area (Å²) in [6, 6.07) is 10.9. The highest BCUT2D eigenvalue weighted by Crippen LogP contribution is 2.35. The van der Waals surface area contributed by atoms with E-state index < -0.39 is 44.7 Å². The van der Waals surface area contributed by atoms with Crippen molar-refractivity contribution in [3.63, 3.8) is 0 Å². The molecular weight excluding hydrogens is 534 g/mol. The first-order chi connectivity index (χ1) is 17.7. The fourth-order valence-electron chi connectivity index (χ4n) is 4.38. The second-order valence-electron chi connectivity index (χ2n) is 9.09. The molecule has 0 saturated heterocycles. The lowest BCUT2D eigenvalue weighted by molar-refractivity contribution is -0.207. The van der Waals surface area contributed by atoms with Gasteiger partial charge in [-0.3, -0.25) is 4.98 Å². The average Bonchev–Trinajstić information content (AvgIpc) is 2.88. The van der Waals surface area contributed by atoms with Crippen molar-refractivity contribution >= 4 is 15.5 Å². The van der Waals surface area contributed by atoms with Crippen molar-refractivity contribution in [2.45, 2.75) is 60.3 Å². The molecule has 2 aromatic heterocycles. The number of aliphatic hydroxyl groups is 1. The SMILES string of the molecule is N=S(=O)(c1ccc(-c2ccnc(C(O)C(F)(F)F)c2)cc1)C1CCC(Nc2ccc(C(F)(F)F)cn2)CC1. The van der Waals surface area contributed by atoms with Crippen LogP contribution in [0.15, 0.2) is 65.8 Å². The van der Waals surface area contributed by atoms with Crippen LogP contribution in [0, 0.1) is 4.78 Å². The number of anilines is 1. The van der Waals surface area contributed by atoms with Crippen LogP contribution < -0.4 is 5.32 Å². The van der Waals surface area contributed by atoms with E-state index in [2.05, 4.69) is 15.3 Å². The summed E-state index contributed by atoms with van der Waals surface area (Å²) >= 11 is 0. The van der Waals surface area contributed by atoms with Crippen LogP contribution in [-0.4, -0.2) is 36.8 Å². The van der Waals surface area contributed by atoms with Gasteiger partial charge < -0.3 is 10.4 Å². The number of hydrogen-bond donors (Lipinski definition) is 3. The molecule has 2 unspecified atom stereocenters. The third kappa shape index (κ3) is 6.26. The van der Waals surface area contributed by atoms with Gasteiger partial charge in [0.25, 0.3) is 0 Å². The Bertz CT molecular complexity index is 1350. The first-order valence-corrected chi connectivity index (χ1v) is 13.3. The van der Waals surface area contributed by atoms with E-state index in [1.807, 2.05) is 0 Å². The summed E-state index contributed by atoms with van der Waals surface area (Å²) in [6.45, 7) is 0. The molecule has 0 spiro atoms. The molecule has 1 aliphatic rings. The summed E-state index contributed by atoms with van der Waals surface area (Å²) in [6.07, 6.45) is -8.06. The Morgan fingerprint density at radius 3 is 2.13 bits per heavy atom. The van der Waals surface area contributed by atoms with Crippen molar-refractivity contribution < 1.29 is 35.7 Å². The Morgan fingerprint density at radius 2 is 1.58 bits per heavy atom. The van der Waals surface area contributed by atoms with E-state index in [1.165, 1.54) is 24.3 Å². The maximum atomic E-state index is 13.4. The van der Waals surface area contributed by atoms with Gasteiger partial charge in [0.15, 0.2) is 6.10 Å². The summed E-state index contributed by atoms with van der Waals surface area (Å²) in [4.78, 5) is 7.71. The first-order valence-electron chi connectivity index (χ1n) is 11.6. The molecule has 38 heavy (non-hydrogen) atoms. The highest BCUT2D eigenvalue weighted by molar-refractivity contribution is 7.93. The Morgan fingerprint density at radius 1 is 0.921 bits per heavy atom. The molecule has 0 aliphatic heterocycles. The zero-order valence-electron chi connectivity index (χ0n) is 19.8. The minimum atomic E-state index is -4.85. The maximum absolute atomic E-state index is 13.4. The van der Waals surface area contributed by atoms with Gasteiger partial charge in [-0.05, 0) is 73.2 Å². The lowest BCUT2D eigenvalue weighted by Crippen LogP contribution is -2.32. The number of hydrogen-bond acceptors (Lipinski definition) is 6. The number of pyridine rings is 2. The van der Waals surface area contributed by atoms with Gasteiger partial charge in [0.2, 0.25) is 0 Å². The predicted octanol–water partition coefficient (Wildman–Crippen LogP) is 6.59. The van der Waals surface area contributed by atoms with Gasteiger partial charge in [-0.2, -0.15) is 26.3 Å². The zero-order valence-corrected chi connectivity index (χ0v) is 20.6. The summed E-state index contributed by atoms with van der Waals surface area (Å²) in [5, 5.41) is 12.1. The van der Waals surface area contributed by atoms with Crippen LogP contribution in [0.5, 0.6) is 0 Å². The van der Waals surface area contributed by atoms with Crippen LogP contribution in [0.3, 0.4) is 0 Å². The highest BCUT2D eigenvalue weighted by atomic mass is 32.2. The fraction of sp³-hybridized carbons (Fsp3) is 0.360. The Kier molecular flexibility index (Phi) is 7.71. The molecule has 0 radical (unpaired) electrons. The minimum Gasteiger partial charge on any atom is -0.378 e. The molecule has 2 atom stereocenters. The quantitative estimate of drug-likeness (QED) is 0.297. The molecule has 4 rings (SSSR count). The first kappa shape index (κ1) is 27.8. The number of aromatic nitrogens is 2. The van der Waals surface area contributed by atoms with Crippen LogP contribution in [0.1, 0.15) is 43.0 Å². The number of nitrogens with zero attached hydrogens (tertiary/aromatic N) is 2. The standard InChI is InChI=1S/C25H24F6N4O2S/c26-24(27,28)17-3-10-22(34-14-17)35-18-4-8-20(9-5-18)38(32,37)19-6-1-15(2-7-19)16-11-12-33-21(13-16)23(36)25(29,30)31/h1-3,6-7,10-14,18,20,23,32,36H,4-5,8-9H2,(H,34,35). The van der Waals surface area contributed by atoms with Crippen LogP contribution in [0.4, 0.5) is 32.2 Å². The fourth-order valence-corrected chi connectivity index (χ4v) is 6.24. The molecule has 1 aliphatic carbocycles. The van der Waals surface area contributed by atoms with E-state index >= 15 is 0 Å². The smallest absolute Gasteiger partial charge is 0.378 e. The van der Waals surface area contributed by atoms with E-state index in [-0.39, 0.29) is 6.04 Å². The van der Waals surface area contributed by atoms with Crippen molar-refractivity contribution in [1.82, 2.24) is 9.97 Å². The topological polar surface area (TPSA) is 99.0 Å². The van der Waals surface area contributed by atoms with E-state index in [0.717, 1.165) is 24.5 Å². The Labute approximate surface area is 215 Å². The van der Waals surface area contributed by atoms with Crippen molar-refractivity contribution in [2.75, 3.05) is 5.32 Å². The summed E-state index contributed by atoms with van der Waals surface area (Å²) in [7, 11) is -3.19. The van der Waals surface area contributed by atoms with Crippen molar-refractivity contribution in [1.29, 1.82) is 4.78 Å². The molecule has 3 aromatic rings. The van der Waals surface area contributed by atoms with Gasteiger partial charge >= 0.3 is 12.4 Å². The molecule has 3 N–H and O–H groups in total. The third-order valence-corrected chi connectivity index (χ3v) is 8.88. The van der Waals surface area contributed by atoms with E-state index in [1.54, 1.807) is 12.1 Å². The molecule has 1 aromatic carbocycles. The lowest BCUT2D eigenvalue weighted by atomic mass is 9.95.